The zero-order chi connectivity index (χ0) is 15.4. The first-order valence-corrected chi connectivity index (χ1v) is 6.71. The molecule has 1 aromatic heterocycles. The van der Waals surface area contributed by atoms with Crippen LogP contribution in [0.4, 0.5) is 5.69 Å². The molecule has 0 bridgehead atoms. The van der Waals surface area contributed by atoms with E-state index < -0.39 is 5.91 Å². The fourth-order valence-electron chi connectivity index (χ4n) is 1.61. The van der Waals surface area contributed by atoms with Gasteiger partial charge in [0.2, 0.25) is 0 Å². The average molecular weight is 324 g/mol. The highest BCUT2D eigenvalue weighted by Gasteiger charge is 2.12. The molecule has 108 valence electrons. The number of carbonyl (C=O) groups excluding carboxylic acids is 2. The molecule has 0 spiro atoms. The summed E-state index contributed by atoms with van der Waals surface area (Å²) in [5, 5.41) is 5.76. The smallest absolute Gasteiger partial charge is 0.257 e. The second kappa shape index (κ2) is 6.56. The molecule has 0 atom stereocenters. The van der Waals surface area contributed by atoms with Gasteiger partial charge in [-0.25, -0.2) is 4.98 Å². The topological polar surface area (TPSA) is 71.1 Å². The van der Waals surface area contributed by atoms with Gasteiger partial charge in [-0.1, -0.05) is 23.2 Å². The summed E-state index contributed by atoms with van der Waals surface area (Å²) >= 11 is 11.7. The van der Waals surface area contributed by atoms with Crippen molar-refractivity contribution in [3.63, 3.8) is 0 Å². The Morgan fingerprint density at radius 2 is 1.76 bits per heavy atom. The molecular formula is C14H11Cl2N3O2. The van der Waals surface area contributed by atoms with Gasteiger partial charge in [0.05, 0.1) is 16.3 Å². The van der Waals surface area contributed by atoms with Gasteiger partial charge in [0, 0.05) is 18.8 Å². The van der Waals surface area contributed by atoms with Gasteiger partial charge in [0.25, 0.3) is 11.8 Å². The van der Waals surface area contributed by atoms with Crippen LogP contribution in [0.15, 0.2) is 36.5 Å². The molecule has 0 aliphatic rings. The molecule has 0 saturated carbocycles. The Labute approximate surface area is 131 Å². The number of amides is 2. The monoisotopic (exact) mass is 323 g/mol. The average Bonchev–Trinajstić information content (AvgIpc) is 2.49. The van der Waals surface area contributed by atoms with Crippen molar-refractivity contribution in [2.24, 2.45) is 0 Å². The van der Waals surface area contributed by atoms with E-state index in [2.05, 4.69) is 15.6 Å². The predicted octanol–water partition coefficient (Wildman–Crippen LogP) is 3.00. The lowest BCUT2D eigenvalue weighted by Crippen LogP contribution is -2.18. The molecule has 0 aliphatic heterocycles. The summed E-state index contributed by atoms with van der Waals surface area (Å²) in [6.07, 6.45) is 1.36. The summed E-state index contributed by atoms with van der Waals surface area (Å²) in [5.74, 6) is -0.662. The Morgan fingerprint density at radius 1 is 1.05 bits per heavy atom. The number of nitrogens with one attached hydrogen (secondary N) is 2. The summed E-state index contributed by atoms with van der Waals surface area (Å²) in [7, 11) is 1.52. The van der Waals surface area contributed by atoms with Crippen molar-refractivity contribution in [1.82, 2.24) is 10.3 Å². The molecule has 5 nitrogen and oxygen atoms in total. The molecular weight excluding hydrogens is 313 g/mol. The van der Waals surface area contributed by atoms with Crippen LogP contribution < -0.4 is 10.6 Å². The standard InChI is InChI=1S/C14H11Cl2N3O2/c1-17-13(20)8-2-4-10(15)11(6-8)19-14(21)9-3-5-12(16)18-7-9/h2-7H,1H3,(H,17,20)(H,19,21). The third kappa shape index (κ3) is 3.71. The van der Waals surface area contributed by atoms with Crippen LogP contribution in [-0.2, 0) is 0 Å². The van der Waals surface area contributed by atoms with E-state index in [0.29, 0.717) is 27.0 Å². The van der Waals surface area contributed by atoms with Gasteiger partial charge in [0.15, 0.2) is 0 Å². The van der Waals surface area contributed by atoms with Crippen LogP contribution in [0.2, 0.25) is 10.2 Å². The third-order valence-electron chi connectivity index (χ3n) is 2.69. The number of aromatic nitrogens is 1. The van der Waals surface area contributed by atoms with E-state index in [0.717, 1.165) is 0 Å². The first-order valence-electron chi connectivity index (χ1n) is 5.96. The molecule has 0 saturated heterocycles. The van der Waals surface area contributed by atoms with Gasteiger partial charge < -0.3 is 10.6 Å². The number of carbonyl (C=O) groups is 2. The second-order valence-corrected chi connectivity index (χ2v) is 4.89. The summed E-state index contributed by atoms with van der Waals surface area (Å²) < 4.78 is 0. The largest absolute Gasteiger partial charge is 0.355 e. The van der Waals surface area contributed by atoms with E-state index >= 15 is 0 Å². The van der Waals surface area contributed by atoms with Crippen LogP contribution in [0.3, 0.4) is 0 Å². The highest BCUT2D eigenvalue weighted by atomic mass is 35.5. The zero-order valence-corrected chi connectivity index (χ0v) is 12.5. The van der Waals surface area contributed by atoms with Gasteiger partial charge in [-0.2, -0.15) is 0 Å². The Hall–Kier alpha value is -2.11. The van der Waals surface area contributed by atoms with Gasteiger partial charge in [-0.05, 0) is 30.3 Å². The molecule has 2 amide bonds. The van der Waals surface area contributed by atoms with E-state index in [1.54, 1.807) is 18.2 Å². The maximum absolute atomic E-state index is 12.1. The lowest BCUT2D eigenvalue weighted by molar-refractivity contribution is 0.0961. The van der Waals surface area contributed by atoms with Crippen molar-refractivity contribution in [1.29, 1.82) is 0 Å². The van der Waals surface area contributed by atoms with Crippen molar-refractivity contribution < 1.29 is 9.59 Å². The van der Waals surface area contributed by atoms with Gasteiger partial charge in [0.1, 0.15) is 5.15 Å². The lowest BCUT2D eigenvalue weighted by atomic mass is 10.1. The number of anilines is 1. The minimum atomic E-state index is -0.393. The van der Waals surface area contributed by atoms with Crippen LogP contribution in [0, 0.1) is 0 Å². The molecule has 0 fully saturated rings. The molecule has 7 heteroatoms. The van der Waals surface area contributed by atoms with Crippen LogP contribution in [0.1, 0.15) is 20.7 Å². The van der Waals surface area contributed by atoms with E-state index in [-0.39, 0.29) is 5.91 Å². The number of halogens is 2. The van der Waals surface area contributed by atoms with Crippen molar-refractivity contribution in [3.05, 3.63) is 57.8 Å². The molecule has 1 heterocycles. The van der Waals surface area contributed by atoms with Crippen LogP contribution >= 0.6 is 23.2 Å². The highest BCUT2D eigenvalue weighted by Crippen LogP contribution is 2.23. The van der Waals surface area contributed by atoms with Crippen molar-refractivity contribution in [2.75, 3.05) is 12.4 Å². The molecule has 2 rings (SSSR count). The SMILES string of the molecule is CNC(=O)c1ccc(Cl)c(NC(=O)c2ccc(Cl)nc2)c1. The predicted molar refractivity (Wildman–Crippen MR) is 82.0 cm³/mol. The third-order valence-corrected chi connectivity index (χ3v) is 3.25. The fraction of sp³-hybridized carbons (Fsp3) is 0.0714. The first-order chi connectivity index (χ1) is 10.0. The van der Waals surface area contributed by atoms with Crippen molar-refractivity contribution in [3.8, 4) is 0 Å². The number of nitrogens with zero attached hydrogens (tertiary/aromatic N) is 1. The molecule has 0 radical (unpaired) electrons. The number of hydrogen-bond acceptors (Lipinski definition) is 3. The van der Waals surface area contributed by atoms with Gasteiger partial charge in [-0.15, -0.1) is 0 Å². The minimum absolute atomic E-state index is 0.268. The summed E-state index contributed by atoms with van der Waals surface area (Å²) in [6.45, 7) is 0. The number of rotatable bonds is 3. The van der Waals surface area contributed by atoms with E-state index in [4.69, 9.17) is 23.2 Å². The molecule has 2 N–H and O–H groups in total. The van der Waals surface area contributed by atoms with Crippen LogP contribution in [0.25, 0.3) is 0 Å². The fourth-order valence-corrected chi connectivity index (χ4v) is 1.89. The maximum atomic E-state index is 12.1. The number of benzene rings is 1. The Balaban J connectivity index is 2.24. The van der Waals surface area contributed by atoms with Gasteiger partial charge >= 0.3 is 0 Å². The summed E-state index contributed by atoms with van der Waals surface area (Å²) in [5.41, 5.74) is 1.07. The van der Waals surface area contributed by atoms with Crippen molar-refractivity contribution >= 4 is 40.7 Å². The molecule has 2 aromatic rings. The normalized spacial score (nSPS) is 10.0. The van der Waals surface area contributed by atoms with E-state index in [1.165, 1.54) is 25.4 Å². The molecule has 1 aromatic carbocycles. The van der Waals surface area contributed by atoms with E-state index in [9.17, 15) is 9.59 Å². The summed E-state index contributed by atoms with van der Waals surface area (Å²) in [6, 6.07) is 7.67. The molecule has 21 heavy (non-hydrogen) atoms. The second-order valence-electron chi connectivity index (χ2n) is 4.10. The zero-order valence-electron chi connectivity index (χ0n) is 11.0. The lowest BCUT2D eigenvalue weighted by Gasteiger charge is -2.09. The number of pyridine rings is 1. The highest BCUT2D eigenvalue weighted by molar-refractivity contribution is 6.34. The molecule has 0 aliphatic carbocycles. The maximum Gasteiger partial charge on any atom is 0.257 e. The van der Waals surface area contributed by atoms with Crippen LogP contribution in [0.5, 0.6) is 0 Å². The molecule has 0 unspecified atom stereocenters. The minimum Gasteiger partial charge on any atom is -0.355 e. The van der Waals surface area contributed by atoms with Crippen molar-refractivity contribution in [2.45, 2.75) is 0 Å². The van der Waals surface area contributed by atoms with Crippen LogP contribution in [-0.4, -0.2) is 23.8 Å². The number of hydrogen-bond donors (Lipinski definition) is 2. The Bertz CT molecular complexity index is 687. The Kier molecular flexibility index (Phi) is 4.77. The quantitative estimate of drug-likeness (QED) is 0.853. The Morgan fingerprint density at radius 3 is 2.38 bits per heavy atom. The summed E-state index contributed by atoms with van der Waals surface area (Å²) in [4.78, 5) is 27.5. The van der Waals surface area contributed by atoms with Gasteiger partial charge in [-0.3, -0.25) is 9.59 Å². The van der Waals surface area contributed by atoms with E-state index in [1.807, 2.05) is 0 Å². The first kappa shape index (κ1) is 15.3.